The average Bonchev–Trinajstić information content (AvgIpc) is 2.69. The fourth-order valence-electron chi connectivity index (χ4n) is 2.72. The molecule has 0 spiro atoms. The molecule has 0 atom stereocenters. The van der Waals surface area contributed by atoms with E-state index in [4.69, 9.17) is 4.74 Å². The van der Waals surface area contributed by atoms with Crippen molar-refractivity contribution in [2.24, 2.45) is 0 Å². The van der Waals surface area contributed by atoms with Crippen LogP contribution in [0.3, 0.4) is 0 Å². The molecule has 1 N–H and O–H groups in total. The zero-order chi connectivity index (χ0) is 18.2. The predicted octanol–water partition coefficient (Wildman–Crippen LogP) is 3.78. The molecule has 0 fully saturated rings. The fourth-order valence-corrected chi connectivity index (χ4v) is 2.72. The van der Waals surface area contributed by atoms with Crippen molar-refractivity contribution < 1.29 is 4.74 Å². The van der Waals surface area contributed by atoms with Crippen molar-refractivity contribution in [1.29, 1.82) is 0 Å². The van der Waals surface area contributed by atoms with Crippen LogP contribution in [0.4, 0.5) is 11.6 Å². The number of anilines is 2. The van der Waals surface area contributed by atoms with E-state index in [0.29, 0.717) is 0 Å². The van der Waals surface area contributed by atoms with E-state index in [0.717, 1.165) is 36.9 Å². The Bertz CT molecular complexity index is 806. The molecule has 0 saturated heterocycles. The first-order chi connectivity index (χ1) is 12.7. The van der Waals surface area contributed by atoms with Gasteiger partial charge in [-0.15, -0.1) is 0 Å². The minimum atomic E-state index is 0.809. The highest BCUT2D eigenvalue weighted by Gasteiger charge is 2.05. The summed E-state index contributed by atoms with van der Waals surface area (Å²) in [5, 5.41) is 3.37. The van der Waals surface area contributed by atoms with Gasteiger partial charge in [0.1, 0.15) is 23.7 Å². The Labute approximate surface area is 154 Å². The minimum Gasteiger partial charge on any atom is -0.497 e. The summed E-state index contributed by atoms with van der Waals surface area (Å²) in [6, 6.07) is 20.5. The largest absolute Gasteiger partial charge is 0.497 e. The average molecular weight is 348 g/mol. The molecule has 0 aliphatic rings. The highest BCUT2D eigenvalue weighted by Crippen LogP contribution is 2.16. The monoisotopic (exact) mass is 348 g/mol. The van der Waals surface area contributed by atoms with Gasteiger partial charge in [-0.1, -0.05) is 42.5 Å². The Morgan fingerprint density at radius 3 is 2.46 bits per heavy atom. The molecule has 134 valence electrons. The second-order valence-corrected chi connectivity index (χ2v) is 6.13. The van der Waals surface area contributed by atoms with E-state index in [1.54, 1.807) is 13.4 Å². The summed E-state index contributed by atoms with van der Waals surface area (Å²) in [4.78, 5) is 10.8. The lowest BCUT2D eigenvalue weighted by Crippen LogP contribution is -2.18. The molecule has 0 saturated carbocycles. The first-order valence-electron chi connectivity index (χ1n) is 8.68. The molecule has 0 bridgehead atoms. The lowest BCUT2D eigenvalue weighted by molar-refractivity contribution is 0.414. The van der Waals surface area contributed by atoms with Crippen molar-refractivity contribution in [3.8, 4) is 5.75 Å². The molecule has 5 nitrogen and oxygen atoms in total. The van der Waals surface area contributed by atoms with Gasteiger partial charge in [-0.2, -0.15) is 0 Å². The van der Waals surface area contributed by atoms with E-state index in [1.807, 2.05) is 31.3 Å². The molecule has 3 aromatic rings. The number of ether oxygens (including phenoxy) is 1. The van der Waals surface area contributed by atoms with Crippen LogP contribution in [0.25, 0.3) is 0 Å². The van der Waals surface area contributed by atoms with Crippen LogP contribution in [0, 0.1) is 0 Å². The summed E-state index contributed by atoms with van der Waals surface area (Å²) in [7, 11) is 3.72. The van der Waals surface area contributed by atoms with Gasteiger partial charge in [-0.25, -0.2) is 9.97 Å². The van der Waals surface area contributed by atoms with Gasteiger partial charge < -0.3 is 15.0 Å². The number of benzene rings is 2. The van der Waals surface area contributed by atoms with E-state index < -0.39 is 0 Å². The molecule has 0 radical (unpaired) electrons. The van der Waals surface area contributed by atoms with Crippen LogP contribution < -0.4 is 15.0 Å². The third-order valence-electron chi connectivity index (χ3n) is 4.19. The van der Waals surface area contributed by atoms with Crippen molar-refractivity contribution >= 4 is 11.6 Å². The number of nitrogens with zero attached hydrogens (tertiary/aromatic N) is 3. The highest BCUT2D eigenvalue weighted by molar-refractivity contribution is 5.48. The summed E-state index contributed by atoms with van der Waals surface area (Å²) in [5.74, 6) is 2.61. The first kappa shape index (κ1) is 17.7. The zero-order valence-electron chi connectivity index (χ0n) is 15.2. The van der Waals surface area contributed by atoms with Crippen molar-refractivity contribution in [2.75, 3.05) is 30.9 Å². The molecule has 2 aromatic carbocycles. The minimum absolute atomic E-state index is 0.809. The van der Waals surface area contributed by atoms with Gasteiger partial charge in [0.05, 0.1) is 7.11 Å². The topological polar surface area (TPSA) is 50.3 Å². The van der Waals surface area contributed by atoms with Gasteiger partial charge in [0.25, 0.3) is 0 Å². The quantitative estimate of drug-likeness (QED) is 0.671. The van der Waals surface area contributed by atoms with Gasteiger partial charge in [0.15, 0.2) is 0 Å². The highest BCUT2D eigenvalue weighted by atomic mass is 16.5. The third-order valence-corrected chi connectivity index (χ3v) is 4.19. The normalized spacial score (nSPS) is 10.4. The second kappa shape index (κ2) is 8.85. The van der Waals surface area contributed by atoms with E-state index in [9.17, 15) is 0 Å². The van der Waals surface area contributed by atoms with E-state index >= 15 is 0 Å². The number of rotatable bonds is 8. The molecule has 5 heteroatoms. The molecular formula is C21H24N4O. The van der Waals surface area contributed by atoms with Crippen molar-refractivity contribution in [3.63, 3.8) is 0 Å². The van der Waals surface area contributed by atoms with Crippen molar-refractivity contribution in [3.05, 3.63) is 78.1 Å². The Hall–Kier alpha value is -3.08. The van der Waals surface area contributed by atoms with Crippen LogP contribution in [0.1, 0.15) is 11.1 Å². The van der Waals surface area contributed by atoms with Gasteiger partial charge in [-0.05, 0) is 29.7 Å². The molecule has 1 aromatic heterocycles. The Morgan fingerprint density at radius 2 is 1.73 bits per heavy atom. The zero-order valence-corrected chi connectivity index (χ0v) is 15.2. The summed E-state index contributed by atoms with van der Waals surface area (Å²) >= 11 is 0. The molecule has 0 unspecified atom stereocenters. The van der Waals surface area contributed by atoms with Crippen LogP contribution in [-0.4, -0.2) is 30.7 Å². The lowest BCUT2D eigenvalue weighted by Gasteiger charge is -2.18. The number of nitrogens with one attached hydrogen (secondary N) is 1. The van der Waals surface area contributed by atoms with Gasteiger partial charge in [0, 0.05) is 26.2 Å². The maximum absolute atomic E-state index is 5.18. The molecule has 26 heavy (non-hydrogen) atoms. The summed E-state index contributed by atoms with van der Waals surface area (Å²) in [6.07, 6.45) is 2.52. The smallest absolute Gasteiger partial charge is 0.134 e. The van der Waals surface area contributed by atoms with E-state index in [-0.39, 0.29) is 0 Å². The van der Waals surface area contributed by atoms with Gasteiger partial charge in [0.2, 0.25) is 0 Å². The van der Waals surface area contributed by atoms with Gasteiger partial charge >= 0.3 is 0 Å². The molecule has 0 aliphatic heterocycles. The Kier molecular flexibility index (Phi) is 6.04. The lowest BCUT2D eigenvalue weighted by atomic mass is 10.1. The van der Waals surface area contributed by atoms with Gasteiger partial charge in [-0.3, -0.25) is 0 Å². The number of hydrogen-bond donors (Lipinski definition) is 1. The number of aromatic nitrogens is 2. The summed E-state index contributed by atoms with van der Waals surface area (Å²) in [6.45, 7) is 1.62. The standard InChI is InChI=1S/C21H24N4O/c1-25(15-18-6-4-3-5-7-18)21-14-20(23-16-24-21)22-13-12-17-8-10-19(26-2)11-9-17/h3-11,14,16H,12-13,15H2,1-2H3,(H,22,23,24). The van der Waals surface area contributed by atoms with Crippen molar-refractivity contribution in [2.45, 2.75) is 13.0 Å². The summed E-state index contributed by atoms with van der Waals surface area (Å²) in [5.41, 5.74) is 2.51. The first-order valence-corrected chi connectivity index (χ1v) is 8.68. The fraction of sp³-hybridized carbons (Fsp3) is 0.238. The second-order valence-electron chi connectivity index (χ2n) is 6.13. The number of methoxy groups -OCH3 is 1. The van der Waals surface area contributed by atoms with E-state index in [2.05, 4.69) is 56.6 Å². The van der Waals surface area contributed by atoms with Crippen molar-refractivity contribution in [1.82, 2.24) is 9.97 Å². The van der Waals surface area contributed by atoms with Crippen LogP contribution in [0.2, 0.25) is 0 Å². The predicted molar refractivity (Wildman–Crippen MR) is 106 cm³/mol. The number of hydrogen-bond acceptors (Lipinski definition) is 5. The van der Waals surface area contributed by atoms with Crippen LogP contribution in [0.15, 0.2) is 67.0 Å². The third kappa shape index (κ3) is 4.96. The Morgan fingerprint density at radius 1 is 0.962 bits per heavy atom. The van der Waals surface area contributed by atoms with E-state index in [1.165, 1.54) is 11.1 Å². The van der Waals surface area contributed by atoms with Crippen LogP contribution in [0.5, 0.6) is 5.75 Å². The maximum Gasteiger partial charge on any atom is 0.134 e. The molecule has 3 rings (SSSR count). The summed E-state index contributed by atoms with van der Waals surface area (Å²) < 4.78 is 5.18. The molecular weight excluding hydrogens is 324 g/mol. The maximum atomic E-state index is 5.18. The molecule has 0 amide bonds. The molecule has 0 aliphatic carbocycles. The molecule has 1 heterocycles. The Balaban J connectivity index is 1.54. The SMILES string of the molecule is COc1ccc(CCNc2cc(N(C)Cc3ccccc3)ncn2)cc1. The van der Waals surface area contributed by atoms with Crippen LogP contribution in [-0.2, 0) is 13.0 Å². The van der Waals surface area contributed by atoms with Crippen LogP contribution >= 0.6 is 0 Å².